The second-order valence-corrected chi connectivity index (χ2v) is 13.8. The van der Waals surface area contributed by atoms with Gasteiger partial charge in [0.1, 0.15) is 0 Å². The molecule has 8 aromatic carbocycles. The van der Waals surface area contributed by atoms with E-state index in [0.717, 1.165) is 27.5 Å². The Morgan fingerprint density at radius 2 is 0.898 bits per heavy atom. The fourth-order valence-corrected chi connectivity index (χ4v) is 8.99. The van der Waals surface area contributed by atoms with Crippen LogP contribution in [0.5, 0.6) is 0 Å². The Kier molecular flexibility index (Phi) is 5.54. The van der Waals surface area contributed by atoms with E-state index < -0.39 is 0 Å². The van der Waals surface area contributed by atoms with Crippen LogP contribution in [0.4, 0.5) is 0 Å². The predicted molar refractivity (Wildman–Crippen MR) is 206 cm³/mol. The first-order chi connectivity index (χ1) is 24.3. The second kappa shape index (κ2) is 10.1. The second-order valence-electron chi connectivity index (χ2n) is 12.8. The number of rotatable bonds is 3. The van der Waals surface area contributed by atoms with Crippen molar-refractivity contribution in [1.82, 2.24) is 15.0 Å². The van der Waals surface area contributed by atoms with Gasteiger partial charge >= 0.3 is 0 Å². The molecule has 0 amide bonds. The minimum atomic E-state index is 0.665. The van der Waals surface area contributed by atoms with Crippen LogP contribution in [0.25, 0.3) is 109 Å². The van der Waals surface area contributed by atoms with E-state index in [2.05, 4.69) is 152 Å². The molecule has 226 valence electrons. The van der Waals surface area contributed by atoms with Crippen molar-refractivity contribution in [2.75, 3.05) is 0 Å². The Labute approximate surface area is 285 Å². The molecule has 2 heterocycles. The standard InChI is InChI=1S/C45H25N3S/c1-3-11-28-23-30(21-19-26(28)9-1)43-46-44(31-22-20-27-10-2-4-12-29(27)24-31)48-45(47-43)36-17-8-18-39-41(36)38-25-37-33-14-6-5-13-32(33)34-15-7-16-35(40(34)37)42(38)49-39/h1-25H. The molecule has 0 saturated heterocycles. The number of hydrogen-bond donors (Lipinski definition) is 0. The molecule has 10 aromatic rings. The molecule has 0 N–H and O–H groups in total. The van der Waals surface area contributed by atoms with Crippen molar-refractivity contribution in [3.8, 4) is 56.4 Å². The summed E-state index contributed by atoms with van der Waals surface area (Å²) < 4.78 is 2.53. The van der Waals surface area contributed by atoms with Crippen molar-refractivity contribution in [3.05, 3.63) is 152 Å². The zero-order valence-corrected chi connectivity index (χ0v) is 27.0. The Balaban J connectivity index is 1.20. The molecule has 4 heteroatoms. The third kappa shape index (κ3) is 3.98. The van der Waals surface area contributed by atoms with E-state index in [-0.39, 0.29) is 0 Å². The first kappa shape index (κ1) is 26.8. The van der Waals surface area contributed by atoms with Crippen molar-refractivity contribution in [3.63, 3.8) is 0 Å². The summed E-state index contributed by atoms with van der Waals surface area (Å²) in [6.07, 6.45) is 0. The summed E-state index contributed by atoms with van der Waals surface area (Å²) in [5.74, 6) is 2.01. The number of thiophene rings is 1. The highest BCUT2D eigenvalue weighted by Gasteiger charge is 2.25. The van der Waals surface area contributed by atoms with Crippen molar-refractivity contribution < 1.29 is 0 Å². The molecular formula is C45H25N3S. The average molecular weight is 640 g/mol. The van der Waals surface area contributed by atoms with Gasteiger partial charge in [0.05, 0.1) is 0 Å². The van der Waals surface area contributed by atoms with Crippen LogP contribution in [0.3, 0.4) is 0 Å². The molecule has 1 aliphatic rings. The molecule has 2 aromatic heterocycles. The summed E-state index contributed by atoms with van der Waals surface area (Å²) in [5, 5.41) is 9.78. The smallest absolute Gasteiger partial charge is 0.164 e. The largest absolute Gasteiger partial charge is 0.208 e. The maximum Gasteiger partial charge on any atom is 0.164 e. The number of hydrogen-bond acceptors (Lipinski definition) is 4. The van der Waals surface area contributed by atoms with Crippen LogP contribution in [-0.2, 0) is 0 Å². The van der Waals surface area contributed by atoms with Crippen LogP contribution in [0.15, 0.2) is 152 Å². The molecule has 1 aliphatic carbocycles. The molecule has 11 rings (SSSR count). The topological polar surface area (TPSA) is 38.7 Å². The van der Waals surface area contributed by atoms with Crippen molar-refractivity contribution in [2.45, 2.75) is 0 Å². The molecule has 0 unspecified atom stereocenters. The van der Waals surface area contributed by atoms with Gasteiger partial charge in [-0.25, -0.2) is 15.0 Å². The van der Waals surface area contributed by atoms with Gasteiger partial charge < -0.3 is 0 Å². The van der Waals surface area contributed by atoms with E-state index in [9.17, 15) is 0 Å². The quantitative estimate of drug-likeness (QED) is 0.193. The third-order valence-corrected chi connectivity index (χ3v) is 11.2. The van der Waals surface area contributed by atoms with Crippen molar-refractivity contribution >= 4 is 63.8 Å². The maximum absolute atomic E-state index is 5.24. The molecule has 0 aliphatic heterocycles. The molecule has 0 atom stereocenters. The van der Waals surface area contributed by atoms with Crippen LogP contribution < -0.4 is 0 Å². The normalized spacial score (nSPS) is 12.1. The number of fused-ring (bicyclic) bond motifs is 9. The molecule has 0 fully saturated rings. The van der Waals surface area contributed by atoms with Gasteiger partial charge in [0, 0.05) is 42.2 Å². The first-order valence-electron chi connectivity index (χ1n) is 16.5. The summed E-state index contributed by atoms with van der Waals surface area (Å²) in [6.45, 7) is 0. The van der Waals surface area contributed by atoms with Gasteiger partial charge in [-0.3, -0.25) is 0 Å². The summed E-state index contributed by atoms with van der Waals surface area (Å²) in [5.41, 5.74) is 8.18. The molecule has 3 nitrogen and oxygen atoms in total. The zero-order chi connectivity index (χ0) is 32.1. The average Bonchev–Trinajstić information content (AvgIpc) is 3.71. The van der Waals surface area contributed by atoms with Crippen LogP contribution in [0.2, 0.25) is 0 Å². The number of aromatic nitrogens is 3. The van der Waals surface area contributed by atoms with Gasteiger partial charge in [-0.15, -0.1) is 11.3 Å². The summed E-state index contributed by atoms with van der Waals surface area (Å²) in [4.78, 5) is 15.6. The molecule has 0 radical (unpaired) electrons. The highest BCUT2D eigenvalue weighted by atomic mass is 32.1. The minimum absolute atomic E-state index is 0.665. The summed E-state index contributed by atoms with van der Waals surface area (Å²) in [7, 11) is 0. The van der Waals surface area contributed by atoms with Crippen LogP contribution in [0.1, 0.15) is 0 Å². The van der Waals surface area contributed by atoms with Crippen molar-refractivity contribution in [2.24, 2.45) is 0 Å². The Hall–Kier alpha value is -6.23. The van der Waals surface area contributed by atoms with E-state index in [0.29, 0.717) is 17.5 Å². The van der Waals surface area contributed by atoms with Crippen molar-refractivity contribution in [1.29, 1.82) is 0 Å². The SMILES string of the molecule is c1ccc2c(c1)-c1cccc3c1c-2cc1c3sc2cccc(-c3nc(-c4ccc5ccccc5c4)nc(-c4ccc5ccccc5c4)n3)c21. The predicted octanol–water partition coefficient (Wildman–Crippen LogP) is 12.3. The lowest BCUT2D eigenvalue weighted by molar-refractivity contribution is 1.08. The lowest BCUT2D eigenvalue weighted by Crippen LogP contribution is -2.00. The Morgan fingerprint density at radius 1 is 0.347 bits per heavy atom. The monoisotopic (exact) mass is 639 g/mol. The van der Waals surface area contributed by atoms with Crippen LogP contribution in [-0.4, -0.2) is 15.0 Å². The van der Waals surface area contributed by atoms with Gasteiger partial charge in [0.15, 0.2) is 17.5 Å². The van der Waals surface area contributed by atoms with E-state index in [1.165, 1.54) is 64.0 Å². The van der Waals surface area contributed by atoms with E-state index in [1.54, 1.807) is 0 Å². The molecule has 49 heavy (non-hydrogen) atoms. The van der Waals surface area contributed by atoms with Crippen LogP contribution >= 0.6 is 11.3 Å². The minimum Gasteiger partial charge on any atom is -0.208 e. The van der Waals surface area contributed by atoms with E-state index >= 15 is 0 Å². The lowest BCUT2D eigenvalue weighted by Gasteiger charge is -2.11. The highest BCUT2D eigenvalue weighted by molar-refractivity contribution is 7.26. The number of nitrogens with zero attached hydrogens (tertiary/aromatic N) is 3. The fourth-order valence-electron chi connectivity index (χ4n) is 7.75. The lowest BCUT2D eigenvalue weighted by atomic mass is 9.98. The summed E-state index contributed by atoms with van der Waals surface area (Å²) >= 11 is 1.86. The molecular weight excluding hydrogens is 615 g/mol. The summed E-state index contributed by atoms with van der Waals surface area (Å²) in [6, 6.07) is 54.2. The number of benzene rings is 8. The molecule has 0 saturated carbocycles. The van der Waals surface area contributed by atoms with Gasteiger partial charge in [-0.1, -0.05) is 127 Å². The zero-order valence-electron chi connectivity index (χ0n) is 26.2. The van der Waals surface area contributed by atoms with E-state index in [1.807, 2.05) is 11.3 Å². The maximum atomic E-state index is 5.24. The van der Waals surface area contributed by atoms with E-state index in [4.69, 9.17) is 15.0 Å². The Morgan fingerprint density at radius 3 is 1.59 bits per heavy atom. The molecule has 0 bridgehead atoms. The fraction of sp³-hybridized carbons (Fsp3) is 0. The van der Waals surface area contributed by atoms with Gasteiger partial charge in [-0.2, -0.15) is 0 Å². The Bertz CT molecular complexity index is 2910. The third-order valence-electron chi connectivity index (χ3n) is 10.0. The van der Waals surface area contributed by atoms with Gasteiger partial charge in [0.2, 0.25) is 0 Å². The van der Waals surface area contributed by atoms with Gasteiger partial charge in [-0.05, 0) is 73.5 Å². The van der Waals surface area contributed by atoms with Crippen LogP contribution in [0, 0.1) is 0 Å². The van der Waals surface area contributed by atoms with Gasteiger partial charge in [0.25, 0.3) is 0 Å². The molecule has 0 spiro atoms. The first-order valence-corrected chi connectivity index (χ1v) is 17.3. The highest BCUT2D eigenvalue weighted by Crippen LogP contribution is 2.52.